The molecule has 1 N–H and O–H groups in total. The van der Waals surface area contributed by atoms with E-state index in [0.717, 1.165) is 29.0 Å². The number of fused-ring (bicyclic) bond motifs is 1. The number of aryl methyl sites for hydroxylation is 1. The largest absolute Gasteiger partial charge is 0.469 e. The van der Waals surface area contributed by atoms with Crippen molar-refractivity contribution in [1.29, 1.82) is 0 Å². The first-order chi connectivity index (χ1) is 12.7. The molecule has 2 aromatic heterocycles. The first-order valence-electron chi connectivity index (χ1n) is 8.73. The van der Waals surface area contributed by atoms with Crippen LogP contribution < -0.4 is 5.32 Å². The normalized spacial score (nSPS) is 22.0. The zero-order valence-electron chi connectivity index (χ0n) is 14.3. The molecule has 130 valence electrons. The van der Waals surface area contributed by atoms with Gasteiger partial charge in [-0.1, -0.05) is 29.8 Å². The summed E-state index contributed by atoms with van der Waals surface area (Å²) in [6.07, 6.45) is 4.35. The Hall–Kier alpha value is -3.15. The van der Waals surface area contributed by atoms with Gasteiger partial charge >= 0.3 is 0 Å². The van der Waals surface area contributed by atoms with E-state index >= 15 is 0 Å². The van der Waals surface area contributed by atoms with Crippen LogP contribution in [0.15, 0.2) is 64.7 Å². The number of allylic oxidation sites excluding steroid dienone is 2. The van der Waals surface area contributed by atoms with Crippen molar-refractivity contribution < 1.29 is 9.21 Å². The average Bonchev–Trinajstić information content (AvgIpc) is 3.32. The molecule has 2 atom stereocenters. The smallest absolute Gasteiger partial charge is 0.226 e. The van der Waals surface area contributed by atoms with Crippen molar-refractivity contribution in [3.8, 4) is 0 Å². The number of anilines is 1. The molecule has 0 saturated heterocycles. The number of nitrogens with zero attached hydrogens (tertiary/aromatic N) is 3. The number of benzene rings is 1. The highest BCUT2D eigenvalue weighted by Crippen LogP contribution is 2.43. The van der Waals surface area contributed by atoms with Gasteiger partial charge in [0.05, 0.1) is 6.26 Å². The summed E-state index contributed by atoms with van der Waals surface area (Å²) in [7, 11) is 0. The van der Waals surface area contributed by atoms with E-state index in [9.17, 15) is 4.79 Å². The Morgan fingerprint density at radius 3 is 2.81 bits per heavy atom. The Morgan fingerprint density at radius 2 is 2.04 bits per heavy atom. The van der Waals surface area contributed by atoms with Crippen molar-refractivity contribution in [2.24, 2.45) is 0 Å². The summed E-state index contributed by atoms with van der Waals surface area (Å²) in [5, 5.41) is 7.69. The lowest BCUT2D eigenvalue weighted by atomic mass is 9.79. The lowest BCUT2D eigenvalue weighted by molar-refractivity contribution is -0.117. The number of hydrogen-bond acceptors (Lipinski definition) is 5. The minimum absolute atomic E-state index is 0.0527. The lowest BCUT2D eigenvalue weighted by Gasteiger charge is -2.34. The Kier molecular flexibility index (Phi) is 3.31. The van der Waals surface area contributed by atoms with Gasteiger partial charge in [-0.2, -0.15) is 10.1 Å². The summed E-state index contributed by atoms with van der Waals surface area (Å²) in [5.41, 5.74) is 3.94. The molecule has 0 bridgehead atoms. The van der Waals surface area contributed by atoms with Crippen LogP contribution in [0.4, 0.5) is 5.95 Å². The number of ketones is 1. The maximum Gasteiger partial charge on any atom is 0.226 e. The molecule has 3 heterocycles. The second-order valence-electron chi connectivity index (χ2n) is 6.90. The van der Waals surface area contributed by atoms with Gasteiger partial charge < -0.3 is 9.73 Å². The van der Waals surface area contributed by atoms with Crippen LogP contribution in [0.5, 0.6) is 0 Å². The van der Waals surface area contributed by atoms with Crippen LogP contribution in [0, 0.1) is 6.92 Å². The minimum Gasteiger partial charge on any atom is -0.469 e. The minimum atomic E-state index is -0.241. The average molecular weight is 346 g/mol. The van der Waals surface area contributed by atoms with Crippen molar-refractivity contribution >= 4 is 11.7 Å². The number of rotatable bonds is 2. The number of nitrogens with one attached hydrogen (secondary N) is 1. The third-order valence-corrected chi connectivity index (χ3v) is 5.20. The van der Waals surface area contributed by atoms with Crippen LogP contribution in [0.3, 0.4) is 0 Å². The summed E-state index contributed by atoms with van der Waals surface area (Å²) in [5.74, 6) is 1.71. The van der Waals surface area contributed by atoms with Gasteiger partial charge in [0.15, 0.2) is 5.78 Å². The van der Waals surface area contributed by atoms with Crippen molar-refractivity contribution in [2.75, 3.05) is 5.32 Å². The highest BCUT2D eigenvalue weighted by molar-refractivity contribution is 6.00. The Morgan fingerprint density at radius 1 is 1.19 bits per heavy atom. The highest BCUT2D eigenvalue weighted by Gasteiger charge is 2.39. The number of hydrogen-bond donors (Lipinski definition) is 1. The summed E-state index contributed by atoms with van der Waals surface area (Å²) in [4.78, 5) is 17.4. The Bertz CT molecular complexity index is 999. The van der Waals surface area contributed by atoms with Crippen molar-refractivity contribution in [3.05, 3.63) is 77.1 Å². The van der Waals surface area contributed by atoms with Gasteiger partial charge in [0.25, 0.3) is 0 Å². The van der Waals surface area contributed by atoms with Gasteiger partial charge in [-0.15, -0.1) is 0 Å². The van der Waals surface area contributed by atoms with E-state index in [0.29, 0.717) is 12.4 Å². The molecule has 0 amide bonds. The predicted octanol–water partition coefficient (Wildman–Crippen LogP) is 3.60. The number of aromatic nitrogens is 3. The maximum absolute atomic E-state index is 13.1. The molecule has 6 heteroatoms. The lowest BCUT2D eigenvalue weighted by Crippen LogP contribution is -2.33. The first-order valence-corrected chi connectivity index (χ1v) is 8.73. The van der Waals surface area contributed by atoms with Crippen LogP contribution in [0.1, 0.15) is 41.7 Å². The van der Waals surface area contributed by atoms with E-state index < -0.39 is 0 Å². The second-order valence-corrected chi connectivity index (χ2v) is 6.90. The molecule has 1 aliphatic heterocycles. The fourth-order valence-electron chi connectivity index (χ4n) is 3.93. The van der Waals surface area contributed by atoms with Crippen molar-refractivity contribution in [1.82, 2.24) is 14.8 Å². The molecule has 0 unspecified atom stereocenters. The van der Waals surface area contributed by atoms with E-state index in [1.807, 2.05) is 12.1 Å². The van der Waals surface area contributed by atoms with Crippen LogP contribution in [-0.2, 0) is 4.79 Å². The SMILES string of the molecule is Cc1ccc([C@@H]2C3=C(C[C@H](c4ccco4)CC3=O)Nc3ncnn32)cc1. The molecule has 0 spiro atoms. The number of furan rings is 1. The van der Waals surface area contributed by atoms with Gasteiger partial charge in [0.1, 0.15) is 18.1 Å². The van der Waals surface area contributed by atoms with E-state index in [1.165, 1.54) is 11.9 Å². The van der Waals surface area contributed by atoms with Gasteiger partial charge in [0, 0.05) is 23.6 Å². The van der Waals surface area contributed by atoms with Gasteiger partial charge in [0.2, 0.25) is 5.95 Å². The molecule has 2 aliphatic rings. The monoisotopic (exact) mass is 346 g/mol. The third-order valence-electron chi connectivity index (χ3n) is 5.20. The van der Waals surface area contributed by atoms with E-state index in [4.69, 9.17) is 4.42 Å². The molecule has 1 aliphatic carbocycles. The van der Waals surface area contributed by atoms with E-state index in [-0.39, 0.29) is 17.7 Å². The number of Topliss-reactive ketones (excluding diaryl/α,β-unsaturated/α-hetero) is 1. The zero-order valence-corrected chi connectivity index (χ0v) is 14.3. The fraction of sp³-hybridized carbons (Fsp3) is 0.250. The Balaban J connectivity index is 1.62. The van der Waals surface area contributed by atoms with Crippen LogP contribution >= 0.6 is 0 Å². The predicted molar refractivity (Wildman–Crippen MR) is 95.7 cm³/mol. The number of carbonyl (C=O) groups is 1. The Labute approximate surface area is 150 Å². The molecular weight excluding hydrogens is 328 g/mol. The maximum atomic E-state index is 13.1. The number of carbonyl (C=O) groups excluding carboxylic acids is 1. The molecule has 5 rings (SSSR count). The first kappa shape index (κ1) is 15.1. The van der Waals surface area contributed by atoms with Crippen LogP contribution in [0.2, 0.25) is 0 Å². The van der Waals surface area contributed by atoms with Gasteiger partial charge in [-0.05, 0) is 31.0 Å². The molecule has 1 aromatic carbocycles. The second kappa shape index (κ2) is 5.69. The van der Waals surface area contributed by atoms with E-state index in [2.05, 4.69) is 46.6 Å². The molecule has 3 aromatic rings. The van der Waals surface area contributed by atoms with E-state index in [1.54, 1.807) is 10.9 Å². The molecule has 6 nitrogen and oxygen atoms in total. The van der Waals surface area contributed by atoms with Gasteiger partial charge in [-0.25, -0.2) is 4.68 Å². The highest BCUT2D eigenvalue weighted by atomic mass is 16.3. The summed E-state index contributed by atoms with van der Waals surface area (Å²) < 4.78 is 7.34. The quantitative estimate of drug-likeness (QED) is 0.767. The molecular formula is C20H18N4O2. The topological polar surface area (TPSA) is 73.0 Å². The fourth-order valence-corrected chi connectivity index (χ4v) is 3.93. The van der Waals surface area contributed by atoms with Crippen molar-refractivity contribution in [3.63, 3.8) is 0 Å². The molecule has 26 heavy (non-hydrogen) atoms. The van der Waals surface area contributed by atoms with Crippen LogP contribution in [-0.4, -0.2) is 20.5 Å². The van der Waals surface area contributed by atoms with Crippen LogP contribution in [0.25, 0.3) is 0 Å². The third kappa shape index (κ3) is 2.29. The van der Waals surface area contributed by atoms with Gasteiger partial charge in [-0.3, -0.25) is 4.79 Å². The van der Waals surface area contributed by atoms with Crippen molar-refractivity contribution in [2.45, 2.75) is 31.7 Å². The standard InChI is InChI=1S/C20H18N4O2/c1-12-4-6-13(7-5-12)19-18-15(23-20-21-11-22-24(19)20)9-14(10-16(18)25)17-3-2-8-26-17/h2-8,11,14,19H,9-10H2,1H3,(H,21,22,23)/t14-,19+/m0/s1. The molecule has 0 fully saturated rings. The summed E-state index contributed by atoms with van der Waals surface area (Å²) >= 11 is 0. The molecule has 0 radical (unpaired) electrons. The molecule has 0 saturated carbocycles. The summed E-state index contributed by atoms with van der Waals surface area (Å²) in [6, 6.07) is 11.8. The zero-order chi connectivity index (χ0) is 17.7. The summed E-state index contributed by atoms with van der Waals surface area (Å²) in [6.45, 7) is 2.05.